The normalized spacial score (nSPS) is 14.2. The molecule has 2 nitrogen and oxygen atoms in total. The van der Waals surface area contributed by atoms with E-state index in [2.05, 4.69) is 35.3 Å². The van der Waals surface area contributed by atoms with Gasteiger partial charge in [-0.1, -0.05) is 35.9 Å². The molecule has 0 amide bonds. The molecule has 0 bridgehead atoms. The van der Waals surface area contributed by atoms with Gasteiger partial charge in [0.25, 0.3) is 0 Å². The zero-order valence-corrected chi connectivity index (χ0v) is 13.6. The molecule has 4 heteroatoms. The van der Waals surface area contributed by atoms with Crippen LogP contribution in [0.5, 0.6) is 0 Å². The van der Waals surface area contributed by atoms with Crippen molar-refractivity contribution in [1.82, 2.24) is 4.90 Å². The molecule has 0 spiro atoms. The molecular weight excluding hydrogens is 296 g/mol. The molecule has 0 aliphatic carbocycles. The lowest BCUT2D eigenvalue weighted by atomic mass is 10.1. The van der Waals surface area contributed by atoms with Crippen molar-refractivity contribution in [1.29, 1.82) is 0 Å². The fourth-order valence-corrected chi connectivity index (χ4v) is 3.70. The van der Waals surface area contributed by atoms with Gasteiger partial charge in [-0.15, -0.1) is 11.8 Å². The number of fused-ring (bicyclic) bond motifs is 1. The molecular formula is C17H18N2S2. The minimum Gasteiger partial charge on any atom is -0.344 e. The second-order valence-corrected chi connectivity index (χ2v) is 6.70. The molecule has 2 aromatic carbocycles. The number of thioether (sulfide) groups is 1. The van der Waals surface area contributed by atoms with E-state index in [0.717, 1.165) is 29.6 Å². The zero-order valence-electron chi connectivity index (χ0n) is 12.0. The molecule has 0 saturated heterocycles. The Morgan fingerprint density at radius 3 is 2.81 bits per heavy atom. The summed E-state index contributed by atoms with van der Waals surface area (Å²) in [5, 5.41) is 4.13. The summed E-state index contributed by atoms with van der Waals surface area (Å²) in [5.74, 6) is 1.06. The highest BCUT2D eigenvalue weighted by Crippen LogP contribution is 2.28. The number of anilines is 1. The summed E-state index contributed by atoms with van der Waals surface area (Å²) < 4.78 is 0. The minimum atomic E-state index is 0.802. The molecule has 2 aromatic rings. The summed E-state index contributed by atoms with van der Waals surface area (Å²) in [5.41, 5.74) is 3.72. The first-order valence-electron chi connectivity index (χ1n) is 7.06. The molecule has 3 rings (SSSR count). The van der Waals surface area contributed by atoms with Gasteiger partial charge < -0.3 is 10.2 Å². The summed E-state index contributed by atoms with van der Waals surface area (Å²) in [6, 6.07) is 16.8. The topological polar surface area (TPSA) is 15.3 Å². The van der Waals surface area contributed by atoms with Crippen molar-refractivity contribution in [3.05, 3.63) is 59.7 Å². The van der Waals surface area contributed by atoms with Crippen molar-refractivity contribution in [3.63, 3.8) is 0 Å². The van der Waals surface area contributed by atoms with Crippen molar-refractivity contribution < 1.29 is 0 Å². The predicted molar refractivity (Wildman–Crippen MR) is 95.0 cm³/mol. The summed E-state index contributed by atoms with van der Waals surface area (Å²) in [6.07, 6.45) is 0. The van der Waals surface area contributed by atoms with Gasteiger partial charge in [-0.25, -0.2) is 0 Å². The maximum atomic E-state index is 5.58. The van der Waals surface area contributed by atoms with Gasteiger partial charge in [0.1, 0.15) is 0 Å². The van der Waals surface area contributed by atoms with Gasteiger partial charge in [0.2, 0.25) is 0 Å². The van der Waals surface area contributed by atoms with Crippen LogP contribution in [0.3, 0.4) is 0 Å². The molecule has 108 valence electrons. The first-order chi connectivity index (χ1) is 10.2. The summed E-state index contributed by atoms with van der Waals surface area (Å²) >= 11 is 7.50. The van der Waals surface area contributed by atoms with Gasteiger partial charge >= 0.3 is 0 Å². The molecule has 0 saturated carbocycles. The lowest BCUT2D eigenvalue weighted by molar-refractivity contribution is 0.446. The molecule has 0 unspecified atom stereocenters. The number of para-hydroxylation sites is 1. The highest BCUT2D eigenvalue weighted by atomic mass is 32.2. The first-order valence-corrected chi connectivity index (χ1v) is 8.45. The van der Waals surface area contributed by atoms with Crippen LogP contribution >= 0.6 is 24.0 Å². The Kier molecular flexibility index (Phi) is 4.46. The Morgan fingerprint density at radius 2 is 2.00 bits per heavy atom. The van der Waals surface area contributed by atoms with E-state index in [1.54, 1.807) is 0 Å². The lowest BCUT2D eigenvalue weighted by Crippen LogP contribution is -2.35. The molecule has 1 N–H and O–H groups in total. The van der Waals surface area contributed by atoms with Gasteiger partial charge in [-0.05, 0) is 42.9 Å². The third-order valence-corrected chi connectivity index (χ3v) is 4.96. The number of hydrogen-bond donors (Lipinski definition) is 1. The van der Waals surface area contributed by atoms with Crippen LogP contribution in [-0.4, -0.2) is 22.3 Å². The second-order valence-electron chi connectivity index (χ2n) is 5.18. The number of nitrogens with one attached hydrogen (secondary N) is 1. The molecule has 1 heterocycles. The van der Waals surface area contributed by atoms with Crippen LogP contribution in [0.25, 0.3) is 0 Å². The molecule has 21 heavy (non-hydrogen) atoms. The smallest absolute Gasteiger partial charge is 0.173 e. The number of nitrogens with zero attached hydrogens (tertiary/aromatic N) is 1. The van der Waals surface area contributed by atoms with Crippen LogP contribution in [0.2, 0.25) is 0 Å². The quantitative estimate of drug-likeness (QED) is 0.789. The predicted octanol–water partition coefficient (Wildman–Crippen LogP) is 4.30. The summed E-state index contributed by atoms with van der Waals surface area (Å²) in [4.78, 5) is 3.63. The maximum absolute atomic E-state index is 5.58. The van der Waals surface area contributed by atoms with E-state index in [9.17, 15) is 0 Å². The number of aryl methyl sites for hydroxylation is 1. The van der Waals surface area contributed by atoms with E-state index >= 15 is 0 Å². The summed E-state index contributed by atoms with van der Waals surface area (Å²) in [7, 11) is 0. The average Bonchev–Trinajstić information content (AvgIpc) is 2.70. The summed E-state index contributed by atoms with van der Waals surface area (Å²) in [6.45, 7) is 3.99. The van der Waals surface area contributed by atoms with Crippen LogP contribution < -0.4 is 5.32 Å². The molecule has 0 aromatic heterocycles. The fraction of sp³-hybridized carbons (Fsp3) is 0.235. The van der Waals surface area contributed by atoms with Gasteiger partial charge in [0.05, 0.1) is 0 Å². The van der Waals surface area contributed by atoms with Crippen LogP contribution in [0.1, 0.15) is 11.1 Å². The van der Waals surface area contributed by atoms with E-state index in [1.807, 2.05) is 42.1 Å². The Morgan fingerprint density at radius 1 is 1.19 bits per heavy atom. The van der Waals surface area contributed by atoms with Crippen LogP contribution in [-0.2, 0) is 6.54 Å². The minimum absolute atomic E-state index is 0.802. The average molecular weight is 314 g/mol. The fourth-order valence-electron chi connectivity index (χ4n) is 2.42. The Hall–Kier alpha value is -1.52. The standard InChI is InChI=1S/C17H18N2S2/c1-13-7-8-16-14(11-13)12-19(9-10-21-16)17(20)18-15-5-3-2-4-6-15/h2-8,11H,9-10,12H2,1H3,(H,18,20). The number of rotatable bonds is 1. The van der Waals surface area contributed by atoms with Crippen LogP contribution in [0.4, 0.5) is 5.69 Å². The van der Waals surface area contributed by atoms with Crippen molar-refractivity contribution in [2.75, 3.05) is 17.6 Å². The number of hydrogen-bond acceptors (Lipinski definition) is 2. The van der Waals surface area contributed by atoms with Crippen LogP contribution in [0.15, 0.2) is 53.4 Å². The Labute approximate surface area is 135 Å². The van der Waals surface area contributed by atoms with E-state index in [1.165, 1.54) is 16.0 Å². The highest BCUT2D eigenvalue weighted by molar-refractivity contribution is 7.99. The van der Waals surface area contributed by atoms with Gasteiger partial charge in [0.15, 0.2) is 5.11 Å². The molecule has 1 aliphatic rings. The molecule has 0 fully saturated rings. The Balaban J connectivity index is 1.75. The lowest BCUT2D eigenvalue weighted by Gasteiger charge is -2.24. The molecule has 0 radical (unpaired) electrons. The maximum Gasteiger partial charge on any atom is 0.173 e. The molecule has 0 atom stereocenters. The van der Waals surface area contributed by atoms with Crippen molar-refractivity contribution >= 4 is 34.8 Å². The molecule has 1 aliphatic heterocycles. The van der Waals surface area contributed by atoms with Gasteiger partial charge in [0, 0.05) is 29.4 Å². The van der Waals surface area contributed by atoms with Gasteiger partial charge in [-0.2, -0.15) is 0 Å². The number of benzene rings is 2. The Bertz CT molecular complexity index is 640. The van der Waals surface area contributed by atoms with E-state index in [4.69, 9.17) is 12.2 Å². The van der Waals surface area contributed by atoms with Crippen molar-refractivity contribution in [2.45, 2.75) is 18.4 Å². The van der Waals surface area contributed by atoms with E-state index in [0.29, 0.717) is 0 Å². The van der Waals surface area contributed by atoms with Crippen molar-refractivity contribution in [2.24, 2.45) is 0 Å². The second kappa shape index (κ2) is 6.50. The van der Waals surface area contributed by atoms with Crippen LogP contribution in [0, 0.1) is 6.92 Å². The third-order valence-electron chi connectivity index (χ3n) is 3.51. The number of thiocarbonyl (C=S) groups is 1. The SMILES string of the molecule is Cc1ccc2c(c1)CN(C(=S)Nc1ccccc1)CCS2. The van der Waals surface area contributed by atoms with Crippen molar-refractivity contribution in [3.8, 4) is 0 Å². The highest BCUT2D eigenvalue weighted by Gasteiger charge is 2.17. The monoisotopic (exact) mass is 314 g/mol. The van der Waals surface area contributed by atoms with E-state index in [-0.39, 0.29) is 0 Å². The van der Waals surface area contributed by atoms with E-state index < -0.39 is 0 Å². The first kappa shape index (κ1) is 14.4. The van der Waals surface area contributed by atoms with Gasteiger partial charge in [-0.3, -0.25) is 0 Å². The third kappa shape index (κ3) is 3.57. The zero-order chi connectivity index (χ0) is 14.7. The largest absolute Gasteiger partial charge is 0.344 e.